The van der Waals surface area contributed by atoms with Crippen LogP contribution in [0.2, 0.25) is 0 Å². The minimum atomic E-state index is -0.985. The van der Waals surface area contributed by atoms with Gasteiger partial charge >= 0.3 is 6.03 Å². The SMILES string of the molecule is CSc1cccc(NC(=O)NC2CCN(C(=O)c3ccco3)C2C(=O)N2CCCC2C(N)=O)c1. The molecule has 2 aromatic rings. The number of likely N-dealkylation sites (tertiary alicyclic amines) is 2. The van der Waals surface area contributed by atoms with Crippen molar-refractivity contribution in [1.29, 1.82) is 0 Å². The van der Waals surface area contributed by atoms with Gasteiger partial charge in [0.1, 0.15) is 12.1 Å². The summed E-state index contributed by atoms with van der Waals surface area (Å²) in [6.07, 6.45) is 4.81. The van der Waals surface area contributed by atoms with Crippen LogP contribution in [-0.4, -0.2) is 71.0 Å². The molecule has 2 saturated heterocycles. The minimum Gasteiger partial charge on any atom is -0.459 e. The van der Waals surface area contributed by atoms with E-state index in [0.29, 0.717) is 31.5 Å². The molecule has 4 rings (SSSR count). The summed E-state index contributed by atoms with van der Waals surface area (Å²) in [5, 5.41) is 5.64. The van der Waals surface area contributed by atoms with Crippen LogP contribution in [0.4, 0.5) is 10.5 Å². The number of nitrogens with one attached hydrogen (secondary N) is 2. The fourth-order valence-corrected chi connectivity index (χ4v) is 5.01. The lowest BCUT2D eigenvalue weighted by molar-refractivity contribution is -0.140. The van der Waals surface area contributed by atoms with Gasteiger partial charge < -0.3 is 30.6 Å². The molecule has 5 amide bonds. The quantitative estimate of drug-likeness (QED) is 0.534. The molecule has 10 nitrogen and oxygen atoms in total. The van der Waals surface area contributed by atoms with Gasteiger partial charge in [-0.15, -0.1) is 11.8 Å². The first-order valence-corrected chi connectivity index (χ1v) is 12.3. The van der Waals surface area contributed by atoms with E-state index in [-0.39, 0.29) is 12.3 Å². The largest absolute Gasteiger partial charge is 0.459 e. The Balaban J connectivity index is 1.55. The number of primary amides is 1. The number of urea groups is 1. The van der Waals surface area contributed by atoms with E-state index < -0.39 is 41.9 Å². The Kier molecular flexibility index (Phi) is 7.11. The number of carbonyl (C=O) groups is 4. The summed E-state index contributed by atoms with van der Waals surface area (Å²) in [7, 11) is 0. The normalized spacial score (nSPS) is 22.0. The highest BCUT2D eigenvalue weighted by Crippen LogP contribution is 2.27. The zero-order valence-electron chi connectivity index (χ0n) is 18.7. The van der Waals surface area contributed by atoms with Crippen molar-refractivity contribution in [2.75, 3.05) is 24.7 Å². The summed E-state index contributed by atoms with van der Waals surface area (Å²) in [4.78, 5) is 55.2. The van der Waals surface area contributed by atoms with Gasteiger partial charge in [0.25, 0.3) is 5.91 Å². The fourth-order valence-electron chi connectivity index (χ4n) is 4.55. The second kappa shape index (κ2) is 10.2. The second-order valence-corrected chi connectivity index (χ2v) is 9.12. The molecule has 1 aromatic carbocycles. The maximum Gasteiger partial charge on any atom is 0.319 e. The fraction of sp³-hybridized carbons (Fsp3) is 0.391. The summed E-state index contributed by atoms with van der Waals surface area (Å²) in [6, 6.07) is 7.66. The zero-order valence-corrected chi connectivity index (χ0v) is 19.5. The zero-order chi connectivity index (χ0) is 24.2. The third-order valence-electron chi connectivity index (χ3n) is 6.15. The predicted molar refractivity (Wildman–Crippen MR) is 126 cm³/mol. The monoisotopic (exact) mass is 485 g/mol. The van der Waals surface area contributed by atoms with Gasteiger partial charge in [0.05, 0.1) is 12.3 Å². The van der Waals surface area contributed by atoms with Crippen molar-refractivity contribution < 1.29 is 23.6 Å². The van der Waals surface area contributed by atoms with Crippen LogP contribution in [0.25, 0.3) is 0 Å². The van der Waals surface area contributed by atoms with E-state index in [2.05, 4.69) is 10.6 Å². The molecular formula is C23H27N5O5S. The van der Waals surface area contributed by atoms with Gasteiger partial charge in [-0.3, -0.25) is 14.4 Å². The number of carbonyl (C=O) groups excluding carboxylic acids is 4. The number of nitrogens with zero attached hydrogens (tertiary/aromatic N) is 2. The minimum absolute atomic E-state index is 0.102. The first-order chi connectivity index (χ1) is 16.4. The molecule has 0 saturated carbocycles. The number of nitrogens with two attached hydrogens (primary N) is 1. The second-order valence-electron chi connectivity index (χ2n) is 8.24. The van der Waals surface area contributed by atoms with E-state index in [1.165, 1.54) is 22.1 Å². The highest BCUT2D eigenvalue weighted by atomic mass is 32.2. The molecule has 0 spiro atoms. The molecule has 0 radical (unpaired) electrons. The number of furan rings is 1. The summed E-state index contributed by atoms with van der Waals surface area (Å²) >= 11 is 1.55. The first kappa shape index (κ1) is 23.7. The molecule has 3 heterocycles. The third-order valence-corrected chi connectivity index (χ3v) is 6.88. The topological polar surface area (TPSA) is 138 Å². The van der Waals surface area contributed by atoms with Gasteiger partial charge in [0.15, 0.2) is 5.76 Å². The molecule has 34 heavy (non-hydrogen) atoms. The number of thioether (sulfide) groups is 1. The number of anilines is 1. The van der Waals surface area contributed by atoms with Crippen molar-refractivity contribution in [3.05, 3.63) is 48.4 Å². The van der Waals surface area contributed by atoms with Crippen molar-refractivity contribution >= 4 is 41.2 Å². The van der Waals surface area contributed by atoms with E-state index in [4.69, 9.17) is 10.2 Å². The Labute approximate surface area is 201 Å². The third kappa shape index (κ3) is 4.89. The lowest BCUT2D eigenvalue weighted by atomic mass is 10.1. The molecule has 4 N–H and O–H groups in total. The maximum absolute atomic E-state index is 13.6. The van der Waals surface area contributed by atoms with Gasteiger partial charge in [-0.05, 0) is 55.9 Å². The van der Waals surface area contributed by atoms with Gasteiger partial charge in [-0.1, -0.05) is 6.07 Å². The van der Waals surface area contributed by atoms with Crippen LogP contribution in [-0.2, 0) is 9.59 Å². The Bertz CT molecular complexity index is 1080. The van der Waals surface area contributed by atoms with Crippen LogP contribution in [0.15, 0.2) is 52.0 Å². The Morgan fingerprint density at radius 2 is 1.91 bits per heavy atom. The number of hydrogen-bond donors (Lipinski definition) is 3. The molecule has 3 atom stereocenters. The molecule has 0 aliphatic carbocycles. The molecule has 2 aliphatic rings. The number of hydrogen-bond acceptors (Lipinski definition) is 6. The van der Waals surface area contributed by atoms with Gasteiger partial charge in [-0.25, -0.2) is 4.79 Å². The van der Waals surface area contributed by atoms with Crippen molar-refractivity contribution in [3.8, 4) is 0 Å². The van der Waals surface area contributed by atoms with E-state index in [9.17, 15) is 19.2 Å². The summed E-state index contributed by atoms with van der Waals surface area (Å²) < 4.78 is 5.25. The molecule has 2 aliphatic heterocycles. The summed E-state index contributed by atoms with van der Waals surface area (Å²) in [5.74, 6) is -1.34. The van der Waals surface area contributed by atoms with Gasteiger partial charge in [0, 0.05) is 23.7 Å². The van der Waals surface area contributed by atoms with Crippen LogP contribution in [0.5, 0.6) is 0 Å². The Hall–Kier alpha value is -3.47. The molecular weight excluding hydrogens is 458 g/mol. The van der Waals surface area contributed by atoms with Gasteiger partial charge in [0.2, 0.25) is 11.8 Å². The van der Waals surface area contributed by atoms with Crippen molar-refractivity contribution in [2.45, 2.75) is 42.3 Å². The number of benzene rings is 1. The maximum atomic E-state index is 13.6. The van der Waals surface area contributed by atoms with Crippen molar-refractivity contribution in [2.24, 2.45) is 5.73 Å². The standard InChI is InChI=1S/C23H27N5O5S/c1-34-15-6-2-5-14(13-15)25-23(32)26-16-9-11-28(21(30)18-8-4-12-33-18)19(16)22(31)27-10-3-7-17(27)20(24)29/h2,4-6,8,12-13,16-17,19H,3,7,9-11H2,1H3,(H2,24,29)(H2,25,26,32). The van der Waals surface area contributed by atoms with E-state index in [1.54, 1.807) is 23.9 Å². The number of amides is 5. The lowest BCUT2D eigenvalue weighted by Gasteiger charge is -2.32. The van der Waals surface area contributed by atoms with Crippen LogP contribution < -0.4 is 16.4 Å². The average Bonchev–Trinajstić information content (AvgIpc) is 3.59. The molecule has 2 fully saturated rings. The predicted octanol–water partition coefficient (Wildman–Crippen LogP) is 1.88. The first-order valence-electron chi connectivity index (χ1n) is 11.0. The molecule has 11 heteroatoms. The lowest BCUT2D eigenvalue weighted by Crippen LogP contribution is -2.58. The molecule has 0 bridgehead atoms. The van der Waals surface area contributed by atoms with Crippen LogP contribution in [0.3, 0.4) is 0 Å². The summed E-state index contributed by atoms with van der Waals surface area (Å²) in [5.41, 5.74) is 6.12. The molecule has 1 aromatic heterocycles. The van der Waals surface area contributed by atoms with Crippen LogP contribution in [0, 0.1) is 0 Å². The van der Waals surface area contributed by atoms with Crippen molar-refractivity contribution in [1.82, 2.24) is 15.1 Å². The Morgan fingerprint density at radius 1 is 1.09 bits per heavy atom. The van der Waals surface area contributed by atoms with E-state index >= 15 is 0 Å². The average molecular weight is 486 g/mol. The van der Waals surface area contributed by atoms with Gasteiger partial charge in [-0.2, -0.15) is 0 Å². The summed E-state index contributed by atoms with van der Waals surface area (Å²) in [6.45, 7) is 0.615. The van der Waals surface area contributed by atoms with Crippen LogP contribution >= 0.6 is 11.8 Å². The smallest absolute Gasteiger partial charge is 0.319 e. The Morgan fingerprint density at radius 3 is 2.62 bits per heavy atom. The van der Waals surface area contributed by atoms with E-state index in [0.717, 1.165) is 4.90 Å². The van der Waals surface area contributed by atoms with Crippen molar-refractivity contribution in [3.63, 3.8) is 0 Å². The van der Waals surface area contributed by atoms with Crippen LogP contribution in [0.1, 0.15) is 29.8 Å². The highest BCUT2D eigenvalue weighted by Gasteiger charge is 2.47. The molecule has 3 unspecified atom stereocenters. The number of rotatable bonds is 6. The highest BCUT2D eigenvalue weighted by molar-refractivity contribution is 7.98. The molecule has 180 valence electrons. The van der Waals surface area contributed by atoms with E-state index in [1.807, 2.05) is 24.5 Å².